The standard InChI is InChI=1S/C19H22N2O2S/c22-24(23,21-18-14-19(18)10-12-20-13-11-19)17-8-6-16(7-9-17)15-4-2-1-3-5-15/h1-9,18,20-21H,10-14H2. The summed E-state index contributed by atoms with van der Waals surface area (Å²) in [6.07, 6.45) is 3.09. The maximum atomic E-state index is 12.6. The molecule has 0 radical (unpaired) electrons. The van der Waals surface area contributed by atoms with Gasteiger partial charge in [0, 0.05) is 6.04 Å². The average Bonchev–Trinajstić information content (AvgIpc) is 3.26. The highest BCUT2D eigenvalue weighted by molar-refractivity contribution is 7.89. The van der Waals surface area contributed by atoms with Gasteiger partial charge in [-0.25, -0.2) is 13.1 Å². The second-order valence-corrected chi connectivity index (χ2v) is 8.59. The maximum Gasteiger partial charge on any atom is 0.240 e. The van der Waals surface area contributed by atoms with Crippen molar-refractivity contribution in [2.45, 2.75) is 30.2 Å². The Bertz CT molecular complexity index is 810. The number of rotatable bonds is 4. The third-order valence-electron chi connectivity index (χ3n) is 5.36. The van der Waals surface area contributed by atoms with Gasteiger partial charge in [-0.05, 0) is 61.0 Å². The van der Waals surface area contributed by atoms with Crippen LogP contribution in [0.25, 0.3) is 11.1 Å². The van der Waals surface area contributed by atoms with Gasteiger partial charge in [-0.1, -0.05) is 42.5 Å². The number of piperidine rings is 1. The van der Waals surface area contributed by atoms with Gasteiger partial charge in [-0.3, -0.25) is 0 Å². The molecule has 1 atom stereocenters. The van der Waals surface area contributed by atoms with E-state index in [-0.39, 0.29) is 11.5 Å². The Labute approximate surface area is 143 Å². The summed E-state index contributed by atoms with van der Waals surface area (Å²) in [5.41, 5.74) is 2.31. The molecule has 1 saturated carbocycles. The molecule has 1 unspecified atom stereocenters. The molecular weight excluding hydrogens is 320 g/mol. The van der Waals surface area contributed by atoms with Crippen LogP contribution in [0.3, 0.4) is 0 Å². The van der Waals surface area contributed by atoms with Crippen LogP contribution in [0.15, 0.2) is 59.5 Å². The second-order valence-electron chi connectivity index (χ2n) is 6.88. The summed E-state index contributed by atoms with van der Waals surface area (Å²) >= 11 is 0. The fourth-order valence-electron chi connectivity index (χ4n) is 3.70. The van der Waals surface area contributed by atoms with Gasteiger partial charge < -0.3 is 5.32 Å². The first kappa shape index (κ1) is 15.8. The van der Waals surface area contributed by atoms with Crippen molar-refractivity contribution in [2.24, 2.45) is 5.41 Å². The average molecular weight is 342 g/mol. The molecule has 1 heterocycles. The summed E-state index contributed by atoms with van der Waals surface area (Å²) in [6.45, 7) is 1.98. The highest BCUT2D eigenvalue weighted by Gasteiger charge is 2.55. The van der Waals surface area contributed by atoms with Gasteiger partial charge in [0.1, 0.15) is 0 Å². The smallest absolute Gasteiger partial charge is 0.240 e. The molecule has 24 heavy (non-hydrogen) atoms. The van der Waals surface area contributed by atoms with E-state index in [0.717, 1.165) is 43.5 Å². The molecule has 0 aromatic heterocycles. The molecule has 2 aromatic rings. The Morgan fingerprint density at radius 2 is 1.54 bits per heavy atom. The molecule has 2 fully saturated rings. The van der Waals surface area contributed by atoms with Crippen LogP contribution >= 0.6 is 0 Å². The highest BCUT2D eigenvalue weighted by Crippen LogP contribution is 2.53. The number of benzene rings is 2. The minimum atomic E-state index is -3.44. The Hall–Kier alpha value is -1.69. The van der Waals surface area contributed by atoms with Crippen molar-refractivity contribution in [3.63, 3.8) is 0 Å². The van der Waals surface area contributed by atoms with Crippen molar-refractivity contribution in [2.75, 3.05) is 13.1 Å². The van der Waals surface area contributed by atoms with Crippen LogP contribution in [0.4, 0.5) is 0 Å². The predicted octanol–water partition coefficient (Wildman–Crippen LogP) is 2.77. The fourth-order valence-corrected chi connectivity index (χ4v) is 5.04. The molecule has 0 amide bonds. The summed E-state index contributed by atoms with van der Waals surface area (Å²) in [4.78, 5) is 0.346. The molecule has 2 aliphatic rings. The van der Waals surface area contributed by atoms with Gasteiger partial charge in [-0.2, -0.15) is 0 Å². The molecule has 2 N–H and O–H groups in total. The van der Waals surface area contributed by atoms with E-state index in [0.29, 0.717) is 4.90 Å². The maximum absolute atomic E-state index is 12.6. The lowest BCUT2D eigenvalue weighted by atomic mass is 9.94. The molecule has 5 heteroatoms. The van der Waals surface area contributed by atoms with E-state index in [9.17, 15) is 8.42 Å². The zero-order valence-corrected chi connectivity index (χ0v) is 14.4. The Morgan fingerprint density at radius 3 is 2.21 bits per heavy atom. The molecule has 4 nitrogen and oxygen atoms in total. The zero-order valence-electron chi connectivity index (χ0n) is 13.5. The Morgan fingerprint density at radius 1 is 0.917 bits per heavy atom. The molecule has 0 bridgehead atoms. The first-order chi connectivity index (χ1) is 11.6. The van der Waals surface area contributed by atoms with E-state index in [1.54, 1.807) is 12.1 Å². The molecule has 2 aromatic carbocycles. The first-order valence-corrected chi connectivity index (χ1v) is 9.96. The van der Waals surface area contributed by atoms with E-state index in [1.807, 2.05) is 42.5 Å². The van der Waals surface area contributed by atoms with Gasteiger partial charge in [-0.15, -0.1) is 0 Å². The van der Waals surface area contributed by atoms with Crippen molar-refractivity contribution >= 4 is 10.0 Å². The van der Waals surface area contributed by atoms with Crippen molar-refractivity contribution < 1.29 is 8.42 Å². The van der Waals surface area contributed by atoms with E-state index < -0.39 is 10.0 Å². The Kier molecular flexibility index (Phi) is 3.95. The number of sulfonamides is 1. The molecule has 1 aliphatic carbocycles. The van der Waals surface area contributed by atoms with Crippen LogP contribution in [0.2, 0.25) is 0 Å². The zero-order chi connectivity index (χ0) is 16.6. The lowest BCUT2D eigenvalue weighted by molar-refractivity contribution is 0.337. The van der Waals surface area contributed by atoms with Crippen LogP contribution in [0.1, 0.15) is 19.3 Å². The van der Waals surface area contributed by atoms with Crippen LogP contribution < -0.4 is 10.0 Å². The molecule has 1 aliphatic heterocycles. The van der Waals surface area contributed by atoms with Crippen LogP contribution in [-0.4, -0.2) is 27.5 Å². The predicted molar refractivity (Wildman–Crippen MR) is 95.1 cm³/mol. The van der Waals surface area contributed by atoms with Crippen LogP contribution in [0.5, 0.6) is 0 Å². The third-order valence-corrected chi connectivity index (χ3v) is 6.85. The fraction of sp³-hybridized carbons (Fsp3) is 0.368. The van der Waals surface area contributed by atoms with Crippen molar-refractivity contribution in [1.29, 1.82) is 0 Å². The topological polar surface area (TPSA) is 58.2 Å². The quantitative estimate of drug-likeness (QED) is 0.898. The van der Waals surface area contributed by atoms with Gasteiger partial charge in [0.05, 0.1) is 4.90 Å². The van der Waals surface area contributed by atoms with Gasteiger partial charge >= 0.3 is 0 Å². The lowest BCUT2D eigenvalue weighted by Gasteiger charge is -2.23. The minimum Gasteiger partial charge on any atom is -0.317 e. The monoisotopic (exact) mass is 342 g/mol. The highest BCUT2D eigenvalue weighted by atomic mass is 32.2. The van der Waals surface area contributed by atoms with Gasteiger partial charge in [0.15, 0.2) is 0 Å². The molecule has 4 rings (SSSR count). The molecular formula is C19H22N2O2S. The second kappa shape index (κ2) is 5.99. The molecule has 1 spiro atoms. The van der Waals surface area contributed by atoms with Crippen molar-refractivity contribution in [1.82, 2.24) is 10.0 Å². The first-order valence-electron chi connectivity index (χ1n) is 8.48. The van der Waals surface area contributed by atoms with E-state index >= 15 is 0 Å². The molecule has 1 saturated heterocycles. The Balaban J connectivity index is 1.49. The SMILES string of the molecule is O=S(=O)(NC1CC12CCNCC2)c1ccc(-c2ccccc2)cc1. The third kappa shape index (κ3) is 2.99. The van der Waals surface area contributed by atoms with Crippen LogP contribution in [-0.2, 0) is 10.0 Å². The van der Waals surface area contributed by atoms with Gasteiger partial charge in [0.25, 0.3) is 0 Å². The summed E-state index contributed by atoms with van der Waals surface area (Å²) in [6, 6.07) is 17.2. The summed E-state index contributed by atoms with van der Waals surface area (Å²) < 4.78 is 28.2. The van der Waals surface area contributed by atoms with E-state index in [1.165, 1.54) is 0 Å². The number of hydrogen-bond acceptors (Lipinski definition) is 3. The number of hydrogen-bond donors (Lipinski definition) is 2. The van der Waals surface area contributed by atoms with E-state index in [4.69, 9.17) is 0 Å². The van der Waals surface area contributed by atoms with Gasteiger partial charge in [0.2, 0.25) is 10.0 Å². The summed E-state index contributed by atoms with van der Waals surface area (Å²) in [5.74, 6) is 0. The molecule has 126 valence electrons. The number of nitrogens with one attached hydrogen (secondary N) is 2. The van der Waals surface area contributed by atoms with E-state index in [2.05, 4.69) is 10.0 Å². The van der Waals surface area contributed by atoms with Crippen molar-refractivity contribution in [3.8, 4) is 11.1 Å². The largest absolute Gasteiger partial charge is 0.317 e. The minimum absolute atomic E-state index is 0.0957. The van der Waals surface area contributed by atoms with Crippen LogP contribution in [0, 0.1) is 5.41 Å². The normalized spacial score (nSPS) is 22.4. The summed E-state index contributed by atoms with van der Waals surface area (Å²) in [5, 5.41) is 3.34. The lowest BCUT2D eigenvalue weighted by Crippen LogP contribution is -2.36. The van der Waals surface area contributed by atoms with Crippen molar-refractivity contribution in [3.05, 3.63) is 54.6 Å². The summed E-state index contributed by atoms with van der Waals surface area (Å²) in [7, 11) is -3.44.